The first-order valence-electron chi connectivity index (χ1n) is 4.70. The number of hydrogen-bond acceptors (Lipinski definition) is 4. The molecule has 6 heteroatoms. The molecule has 0 spiro atoms. The molecule has 0 unspecified atom stereocenters. The number of nitrogens with one attached hydrogen (secondary N) is 1. The number of unbranched alkanes of at least 4 members (excludes halogenated alkanes) is 1. The van der Waals surface area contributed by atoms with Crippen LogP contribution >= 0.6 is 11.6 Å². The maximum absolute atomic E-state index is 10.6. The predicted octanol–water partition coefficient (Wildman–Crippen LogP) is 2.86. The fourth-order valence-electron chi connectivity index (χ4n) is 1.09. The zero-order valence-electron chi connectivity index (χ0n) is 8.36. The van der Waals surface area contributed by atoms with Crippen molar-refractivity contribution in [3.8, 4) is 0 Å². The molecule has 0 aliphatic rings. The molecule has 1 aromatic heterocycles. The molecule has 82 valence electrons. The van der Waals surface area contributed by atoms with E-state index in [1.165, 1.54) is 12.1 Å². The molecule has 0 saturated carbocycles. The summed E-state index contributed by atoms with van der Waals surface area (Å²) in [6.45, 7) is 2.70. The molecule has 1 rings (SSSR count). The lowest BCUT2D eigenvalue weighted by Gasteiger charge is -2.05. The second-order valence-electron chi connectivity index (χ2n) is 3.04. The van der Waals surface area contributed by atoms with Gasteiger partial charge in [0.2, 0.25) is 5.82 Å². The van der Waals surface area contributed by atoms with Crippen LogP contribution in [0.1, 0.15) is 19.8 Å². The summed E-state index contributed by atoms with van der Waals surface area (Å²) in [6.07, 6.45) is 1.95. The SMILES string of the molecule is CCCCNc1nc(Cl)ccc1[N+](=O)[O-]. The van der Waals surface area contributed by atoms with E-state index in [4.69, 9.17) is 11.6 Å². The molecule has 0 bridgehead atoms. The second kappa shape index (κ2) is 5.50. The van der Waals surface area contributed by atoms with Gasteiger partial charge in [-0.2, -0.15) is 0 Å². The number of aromatic nitrogens is 1. The molecule has 0 radical (unpaired) electrons. The number of nitrogens with zero attached hydrogens (tertiary/aromatic N) is 2. The van der Waals surface area contributed by atoms with Crippen LogP contribution in [0.2, 0.25) is 5.15 Å². The van der Waals surface area contributed by atoms with Crippen molar-refractivity contribution >= 4 is 23.1 Å². The third-order valence-electron chi connectivity index (χ3n) is 1.86. The third kappa shape index (κ3) is 3.36. The van der Waals surface area contributed by atoms with E-state index in [0.29, 0.717) is 6.54 Å². The van der Waals surface area contributed by atoms with Crippen molar-refractivity contribution in [2.24, 2.45) is 0 Å². The van der Waals surface area contributed by atoms with Crippen molar-refractivity contribution in [2.45, 2.75) is 19.8 Å². The van der Waals surface area contributed by atoms with Gasteiger partial charge in [-0.25, -0.2) is 4.98 Å². The van der Waals surface area contributed by atoms with E-state index in [1.54, 1.807) is 0 Å². The average molecular weight is 230 g/mol. The van der Waals surface area contributed by atoms with Gasteiger partial charge < -0.3 is 5.32 Å². The lowest BCUT2D eigenvalue weighted by Crippen LogP contribution is -2.05. The maximum atomic E-state index is 10.6. The van der Waals surface area contributed by atoms with Crippen LogP contribution in [0, 0.1) is 10.1 Å². The van der Waals surface area contributed by atoms with Gasteiger partial charge in [-0.15, -0.1) is 0 Å². The van der Waals surface area contributed by atoms with Gasteiger partial charge in [0.15, 0.2) is 0 Å². The smallest absolute Gasteiger partial charge is 0.311 e. The van der Waals surface area contributed by atoms with Gasteiger partial charge in [-0.3, -0.25) is 10.1 Å². The molecule has 0 aromatic carbocycles. The van der Waals surface area contributed by atoms with Crippen LogP contribution in [0.15, 0.2) is 12.1 Å². The largest absolute Gasteiger partial charge is 0.364 e. The second-order valence-corrected chi connectivity index (χ2v) is 3.43. The summed E-state index contributed by atoms with van der Waals surface area (Å²) in [5.74, 6) is 0.237. The topological polar surface area (TPSA) is 68.1 Å². The Kier molecular flexibility index (Phi) is 4.30. The number of pyridine rings is 1. The van der Waals surface area contributed by atoms with E-state index < -0.39 is 4.92 Å². The van der Waals surface area contributed by atoms with Gasteiger partial charge in [0, 0.05) is 12.6 Å². The molecule has 1 aromatic rings. The Morgan fingerprint density at radius 2 is 2.33 bits per heavy atom. The Labute approximate surface area is 92.6 Å². The molecule has 1 N–H and O–H groups in total. The van der Waals surface area contributed by atoms with Crippen LogP contribution in [0.3, 0.4) is 0 Å². The van der Waals surface area contributed by atoms with Gasteiger partial charge in [0.25, 0.3) is 0 Å². The highest BCUT2D eigenvalue weighted by atomic mass is 35.5. The minimum Gasteiger partial charge on any atom is -0.364 e. The average Bonchev–Trinajstić information content (AvgIpc) is 2.18. The molecule has 0 saturated heterocycles. The van der Waals surface area contributed by atoms with Crippen molar-refractivity contribution in [3.05, 3.63) is 27.4 Å². The van der Waals surface area contributed by atoms with Gasteiger partial charge in [0.05, 0.1) is 4.92 Å². The summed E-state index contributed by atoms with van der Waals surface area (Å²) in [5.41, 5.74) is -0.0458. The van der Waals surface area contributed by atoms with E-state index in [1.807, 2.05) is 6.92 Å². The lowest BCUT2D eigenvalue weighted by molar-refractivity contribution is -0.384. The zero-order valence-corrected chi connectivity index (χ0v) is 9.12. The first kappa shape index (κ1) is 11.7. The Morgan fingerprint density at radius 3 is 2.93 bits per heavy atom. The summed E-state index contributed by atoms with van der Waals surface area (Å²) < 4.78 is 0. The lowest BCUT2D eigenvalue weighted by atomic mass is 10.3. The van der Waals surface area contributed by atoms with Gasteiger partial charge in [-0.1, -0.05) is 24.9 Å². The van der Waals surface area contributed by atoms with E-state index >= 15 is 0 Å². The molecule has 0 aliphatic carbocycles. The Balaban J connectivity index is 2.82. The summed E-state index contributed by atoms with van der Waals surface area (Å²) in [5, 5.41) is 13.8. The Morgan fingerprint density at radius 1 is 1.60 bits per heavy atom. The van der Waals surface area contributed by atoms with E-state index in [-0.39, 0.29) is 16.7 Å². The molecule has 0 fully saturated rings. The first-order valence-corrected chi connectivity index (χ1v) is 5.07. The molecular weight excluding hydrogens is 218 g/mol. The minimum absolute atomic E-state index is 0.0458. The normalized spacial score (nSPS) is 10.0. The number of nitro groups is 1. The fraction of sp³-hybridized carbons (Fsp3) is 0.444. The molecular formula is C9H12ClN3O2. The number of anilines is 1. The van der Waals surface area contributed by atoms with Crippen LogP contribution in [-0.2, 0) is 0 Å². The summed E-state index contributed by atoms with van der Waals surface area (Å²) in [6, 6.07) is 2.76. The third-order valence-corrected chi connectivity index (χ3v) is 2.07. The molecule has 0 atom stereocenters. The number of halogens is 1. The quantitative estimate of drug-likeness (QED) is 0.365. The molecule has 15 heavy (non-hydrogen) atoms. The van der Waals surface area contributed by atoms with Gasteiger partial charge in [-0.05, 0) is 12.5 Å². The standard InChI is InChI=1S/C9H12ClN3O2/c1-2-3-6-11-9-7(13(14)15)4-5-8(10)12-9/h4-5H,2-3,6H2,1H3,(H,11,12). The Bertz CT molecular complexity index is 357. The number of rotatable bonds is 5. The first-order chi connectivity index (χ1) is 7.15. The molecule has 0 amide bonds. The summed E-state index contributed by atoms with van der Waals surface area (Å²) in [4.78, 5) is 14.1. The predicted molar refractivity (Wildman–Crippen MR) is 59.3 cm³/mol. The van der Waals surface area contributed by atoms with Crippen molar-refractivity contribution < 1.29 is 4.92 Å². The highest BCUT2D eigenvalue weighted by Crippen LogP contribution is 2.23. The molecule has 1 heterocycles. The monoisotopic (exact) mass is 229 g/mol. The summed E-state index contributed by atoms with van der Waals surface area (Å²) >= 11 is 5.66. The van der Waals surface area contributed by atoms with Gasteiger partial charge in [0.1, 0.15) is 5.15 Å². The molecule has 5 nitrogen and oxygen atoms in total. The summed E-state index contributed by atoms with van der Waals surface area (Å²) in [7, 11) is 0. The minimum atomic E-state index is -0.475. The Hall–Kier alpha value is -1.36. The van der Waals surface area contributed by atoms with E-state index in [2.05, 4.69) is 10.3 Å². The van der Waals surface area contributed by atoms with Crippen molar-refractivity contribution in [1.82, 2.24) is 4.98 Å². The van der Waals surface area contributed by atoms with Crippen molar-refractivity contribution in [1.29, 1.82) is 0 Å². The zero-order chi connectivity index (χ0) is 11.3. The van der Waals surface area contributed by atoms with Crippen LogP contribution < -0.4 is 5.32 Å². The van der Waals surface area contributed by atoms with Crippen molar-refractivity contribution in [3.63, 3.8) is 0 Å². The van der Waals surface area contributed by atoms with Crippen molar-refractivity contribution in [2.75, 3.05) is 11.9 Å². The van der Waals surface area contributed by atoms with E-state index in [0.717, 1.165) is 12.8 Å². The van der Waals surface area contributed by atoms with E-state index in [9.17, 15) is 10.1 Å². The van der Waals surface area contributed by atoms with Crippen LogP contribution in [0.5, 0.6) is 0 Å². The van der Waals surface area contributed by atoms with Crippen LogP contribution in [0.25, 0.3) is 0 Å². The highest BCUT2D eigenvalue weighted by Gasteiger charge is 2.14. The maximum Gasteiger partial charge on any atom is 0.311 e. The molecule has 0 aliphatic heterocycles. The fourth-order valence-corrected chi connectivity index (χ4v) is 1.24. The highest BCUT2D eigenvalue weighted by molar-refractivity contribution is 6.29. The van der Waals surface area contributed by atoms with Crippen LogP contribution in [-0.4, -0.2) is 16.5 Å². The number of hydrogen-bond donors (Lipinski definition) is 1. The van der Waals surface area contributed by atoms with Gasteiger partial charge >= 0.3 is 5.69 Å². The van der Waals surface area contributed by atoms with Crippen LogP contribution in [0.4, 0.5) is 11.5 Å².